The zero-order chi connectivity index (χ0) is 28.8. The summed E-state index contributed by atoms with van der Waals surface area (Å²) < 4.78 is 0. The normalized spacial score (nSPS) is 12.8. The lowest BCUT2D eigenvalue weighted by molar-refractivity contribution is -0.133. The number of carbonyl (C=O) groups is 4. The molecule has 13 nitrogen and oxygen atoms in total. The van der Waals surface area contributed by atoms with Crippen molar-refractivity contribution < 1.29 is 24.3 Å². The Labute approximate surface area is 226 Å². The van der Waals surface area contributed by atoms with E-state index in [1.54, 1.807) is 36.4 Å². The number of benzene rings is 2. The maximum atomic E-state index is 13.3. The molecule has 0 aliphatic rings. The first-order valence-electron chi connectivity index (χ1n) is 12.3. The molecular weight excluding hydrogens is 504 g/mol. The molecule has 0 saturated heterocycles. The van der Waals surface area contributed by atoms with E-state index in [1.165, 1.54) is 12.1 Å². The number of nitrogens with zero attached hydrogens (tertiary/aromatic N) is 1. The van der Waals surface area contributed by atoms with Gasteiger partial charge in [0.2, 0.25) is 23.6 Å². The van der Waals surface area contributed by atoms with Gasteiger partial charge < -0.3 is 44.0 Å². The predicted molar refractivity (Wildman–Crippen MR) is 146 cm³/mol. The van der Waals surface area contributed by atoms with Gasteiger partial charge in [0.25, 0.3) is 0 Å². The van der Waals surface area contributed by atoms with E-state index in [2.05, 4.69) is 20.9 Å². The summed E-state index contributed by atoms with van der Waals surface area (Å²) in [7, 11) is 0. The van der Waals surface area contributed by atoms with Crippen molar-refractivity contribution in [1.29, 1.82) is 0 Å². The van der Waals surface area contributed by atoms with Gasteiger partial charge in [0.1, 0.15) is 17.8 Å². The molecule has 0 saturated carbocycles. The van der Waals surface area contributed by atoms with E-state index in [4.69, 9.17) is 22.9 Å². The lowest BCUT2D eigenvalue weighted by Crippen LogP contribution is -2.56. The number of nitrogens with one attached hydrogen (secondary N) is 3. The van der Waals surface area contributed by atoms with Crippen LogP contribution in [0.5, 0.6) is 5.75 Å². The first-order valence-corrected chi connectivity index (χ1v) is 12.3. The summed E-state index contributed by atoms with van der Waals surface area (Å²) in [6, 6.07) is 12.1. The number of phenolic OH excluding ortho intramolecular Hbond substituents is 1. The van der Waals surface area contributed by atoms with Gasteiger partial charge in [0.05, 0.1) is 12.6 Å². The average molecular weight is 541 g/mol. The summed E-state index contributed by atoms with van der Waals surface area (Å²) in [5.41, 5.74) is 23.4. The van der Waals surface area contributed by atoms with E-state index >= 15 is 0 Å². The van der Waals surface area contributed by atoms with Crippen LogP contribution in [0.3, 0.4) is 0 Å². The Balaban J connectivity index is 2.16. The summed E-state index contributed by atoms with van der Waals surface area (Å²) >= 11 is 0. The van der Waals surface area contributed by atoms with Crippen LogP contribution >= 0.6 is 0 Å². The molecule has 0 aliphatic heterocycles. The topological polar surface area (TPSA) is 241 Å². The van der Waals surface area contributed by atoms with Crippen LogP contribution in [0, 0.1) is 0 Å². The van der Waals surface area contributed by atoms with Crippen LogP contribution in [0.25, 0.3) is 0 Å². The molecule has 12 N–H and O–H groups in total. The number of hydrogen-bond acceptors (Lipinski definition) is 7. The Hall–Kier alpha value is -4.65. The van der Waals surface area contributed by atoms with Gasteiger partial charge in [-0.1, -0.05) is 42.5 Å². The summed E-state index contributed by atoms with van der Waals surface area (Å²) in [6.45, 7) is -0.182. The molecule has 0 fully saturated rings. The molecule has 0 spiro atoms. The summed E-state index contributed by atoms with van der Waals surface area (Å²) in [4.78, 5) is 54.1. The Morgan fingerprint density at radius 1 is 0.795 bits per heavy atom. The number of nitrogens with two attached hydrogens (primary N) is 4. The molecule has 0 bridgehead atoms. The van der Waals surface area contributed by atoms with Crippen molar-refractivity contribution in [3.05, 3.63) is 65.7 Å². The fourth-order valence-electron chi connectivity index (χ4n) is 3.66. The summed E-state index contributed by atoms with van der Waals surface area (Å²) in [6.07, 6.45) is 0.800. The highest BCUT2D eigenvalue weighted by Gasteiger charge is 2.28. The first kappa shape index (κ1) is 30.6. The zero-order valence-electron chi connectivity index (χ0n) is 21.5. The number of phenols is 1. The average Bonchev–Trinajstić information content (AvgIpc) is 2.90. The van der Waals surface area contributed by atoms with Crippen LogP contribution in [0.1, 0.15) is 24.0 Å². The summed E-state index contributed by atoms with van der Waals surface area (Å²) in [5, 5.41) is 17.2. The van der Waals surface area contributed by atoms with Gasteiger partial charge in [-0.25, -0.2) is 0 Å². The minimum atomic E-state index is -1.06. The molecule has 3 unspecified atom stereocenters. The molecule has 210 valence electrons. The number of aliphatic imine (C=N–C) groups is 1. The predicted octanol–water partition coefficient (Wildman–Crippen LogP) is -1.87. The van der Waals surface area contributed by atoms with Crippen LogP contribution in [0.4, 0.5) is 0 Å². The van der Waals surface area contributed by atoms with E-state index < -0.39 is 48.3 Å². The zero-order valence-corrected chi connectivity index (χ0v) is 21.5. The third-order valence-electron chi connectivity index (χ3n) is 5.66. The van der Waals surface area contributed by atoms with Crippen molar-refractivity contribution in [3.63, 3.8) is 0 Å². The van der Waals surface area contributed by atoms with Crippen LogP contribution in [-0.4, -0.2) is 65.9 Å². The van der Waals surface area contributed by atoms with Crippen LogP contribution in [0.15, 0.2) is 59.6 Å². The molecule has 3 atom stereocenters. The number of hydrogen-bond donors (Lipinski definition) is 8. The molecule has 39 heavy (non-hydrogen) atoms. The van der Waals surface area contributed by atoms with Gasteiger partial charge >= 0.3 is 0 Å². The van der Waals surface area contributed by atoms with E-state index in [1.807, 2.05) is 6.07 Å². The molecule has 0 aliphatic carbocycles. The molecule has 13 heteroatoms. The smallest absolute Gasteiger partial charge is 0.243 e. The number of carbonyl (C=O) groups excluding carboxylic acids is 4. The Morgan fingerprint density at radius 2 is 1.41 bits per heavy atom. The van der Waals surface area contributed by atoms with Crippen molar-refractivity contribution in [1.82, 2.24) is 16.0 Å². The first-order chi connectivity index (χ1) is 18.5. The molecule has 0 heterocycles. The molecule has 0 aromatic heterocycles. The molecule has 0 radical (unpaired) electrons. The standard InChI is InChI=1S/C26H36N8O5/c27-19(13-17-8-10-18(35)11-9-17)23(37)33-20(7-4-12-31-26(29)30)25(39)34-21(24(38)32-15-22(28)36)14-16-5-2-1-3-6-16/h1-3,5-6,8-11,19-21,35H,4,7,12-15,27H2,(H2,28,36)(H,32,38)(H,33,37)(H,34,39)(H4,29,30,31). The van der Waals surface area contributed by atoms with Gasteiger partial charge in [-0.2, -0.15) is 0 Å². The lowest BCUT2D eigenvalue weighted by atomic mass is 10.0. The van der Waals surface area contributed by atoms with E-state index in [9.17, 15) is 24.3 Å². The maximum absolute atomic E-state index is 13.3. The highest BCUT2D eigenvalue weighted by atomic mass is 16.3. The van der Waals surface area contributed by atoms with E-state index in [0.29, 0.717) is 6.42 Å². The second-order valence-electron chi connectivity index (χ2n) is 8.92. The molecule has 4 amide bonds. The number of aromatic hydroxyl groups is 1. The summed E-state index contributed by atoms with van der Waals surface area (Å²) in [5.74, 6) is -2.58. The fraction of sp³-hybridized carbons (Fsp3) is 0.346. The molecule has 2 rings (SSSR count). The maximum Gasteiger partial charge on any atom is 0.243 e. The lowest BCUT2D eigenvalue weighted by Gasteiger charge is -2.24. The third-order valence-corrected chi connectivity index (χ3v) is 5.66. The van der Waals surface area contributed by atoms with Gasteiger partial charge in [-0.15, -0.1) is 0 Å². The fourth-order valence-corrected chi connectivity index (χ4v) is 3.66. The Morgan fingerprint density at radius 3 is 2.03 bits per heavy atom. The van der Waals surface area contributed by atoms with E-state index in [0.717, 1.165) is 11.1 Å². The van der Waals surface area contributed by atoms with Crippen molar-refractivity contribution in [3.8, 4) is 5.75 Å². The van der Waals surface area contributed by atoms with Gasteiger partial charge in [-0.05, 0) is 42.5 Å². The van der Waals surface area contributed by atoms with Gasteiger partial charge in [-0.3, -0.25) is 24.2 Å². The number of guanidine groups is 1. The Kier molecular flexibility index (Phi) is 12.2. The minimum Gasteiger partial charge on any atom is -0.508 e. The number of primary amides is 1. The van der Waals surface area contributed by atoms with Crippen molar-refractivity contribution in [2.45, 2.75) is 43.8 Å². The number of amides is 4. The van der Waals surface area contributed by atoms with Crippen LogP contribution < -0.4 is 38.9 Å². The quantitative estimate of drug-likeness (QED) is 0.0721. The highest BCUT2D eigenvalue weighted by Crippen LogP contribution is 2.11. The highest BCUT2D eigenvalue weighted by molar-refractivity contribution is 5.94. The minimum absolute atomic E-state index is 0.0826. The molecule has 2 aromatic carbocycles. The monoisotopic (exact) mass is 540 g/mol. The second kappa shape index (κ2) is 15.6. The largest absolute Gasteiger partial charge is 0.508 e. The van der Waals surface area contributed by atoms with Gasteiger partial charge in [0.15, 0.2) is 5.96 Å². The molecule has 2 aromatic rings. The van der Waals surface area contributed by atoms with Gasteiger partial charge in [0, 0.05) is 13.0 Å². The second-order valence-corrected chi connectivity index (χ2v) is 8.92. The van der Waals surface area contributed by atoms with Crippen LogP contribution in [-0.2, 0) is 32.0 Å². The number of rotatable bonds is 15. The van der Waals surface area contributed by atoms with Crippen molar-refractivity contribution >= 4 is 29.6 Å². The van der Waals surface area contributed by atoms with E-state index in [-0.39, 0.29) is 37.5 Å². The van der Waals surface area contributed by atoms with Crippen molar-refractivity contribution in [2.24, 2.45) is 27.9 Å². The molecular formula is C26H36N8O5. The van der Waals surface area contributed by atoms with Crippen molar-refractivity contribution in [2.75, 3.05) is 13.1 Å². The Bertz CT molecular complexity index is 1140. The van der Waals surface area contributed by atoms with Crippen LogP contribution in [0.2, 0.25) is 0 Å². The SMILES string of the molecule is NC(=O)CNC(=O)C(Cc1ccccc1)NC(=O)C(CCCN=C(N)N)NC(=O)C(N)Cc1ccc(O)cc1. The third kappa shape index (κ3) is 11.5.